The molecule has 0 unspecified atom stereocenters. The van der Waals surface area contributed by atoms with Gasteiger partial charge in [-0.1, -0.05) is 6.42 Å². The summed E-state index contributed by atoms with van der Waals surface area (Å²) in [5, 5.41) is 0. The van der Waals surface area contributed by atoms with Crippen molar-refractivity contribution < 1.29 is 14.4 Å². The number of amides is 3. The Kier molecular flexibility index (Phi) is 4.64. The number of carbonyl (C=O) groups is 3. The van der Waals surface area contributed by atoms with Crippen LogP contribution in [0.4, 0.5) is 0 Å². The van der Waals surface area contributed by atoms with E-state index < -0.39 is 0 Å². The highest BCUT2D eigenvalue weighted by Crippen LogP contribution is 2.30. The number of piperazine rings is 1. The van der Waals surface area contributed by atoms with Gasteiger partial charge in [-0.3, -0.25) is 14.4 Å². The highest BCUT2D eigenvalue weighted by atomic mass is 16.2. The summed E-state index contributed by atoms with van der Waals surface area (Å²) >= 11 is 0. The van der Waals surface area contributed by atoms with E-state index in [9.17, 15) is 14.4 Å². The number of likely N-dealkylation sites (tertiary alicyclic amines) is 1. The Balaban J connectivity index is 1.45. The fourth-order valence-electron chi connectivity index (χ4n) is 3.57. The Labute approximate surface area is 131 Å². The maximum atomic E-state index is 12.5. The van der Waals surface area contributed by atoms with Crippen molar-refractivity contribution in [3.8, 4) is 0 Å². The molecular formula is C16H25N3O3. The van der Waals surface area contributed by atoms with Gasteiger partial charge < -0.3 is 14.7 Å². The van der Waals surface area contributed by atoms with Crippen LogP contribution in [0.5, 0.6) is 0 Å². The average Bonchev–Trinajstić information content (AvgIpc) is 2.53. The largest absolute Gasteiger partial charge is 0.342 e. The minimum absolute atomic E-state index is 0.0493. The smallest absolute Gasteiger partial charge is 0.225 e. The van der Waals surface area contributed by atoms with E-state index in [4.69, 9.17) is 0 Å². The van der Waals surface area contributed by atoms with Gasteiger partial charge in [0.15, 0.2) is 0 Å². The van der Waals surface area contributed by atoms with Crippen LogP contribution < -0.4 is 0 Å². The third-order valence-electron chi connectivity index (χ3n) is 5.39. The summed E-state index contributed by atoms with van der Waals surface area (Å²) in [6.07, 6.45) is 5.68. The van der Waals surface area contributed by atoms with Gasteiger partial charge in [0.05, 0.1) is 0 Å². The predicted molar refractivity (Wildman–Crippen MR) is 80.9 cm³/mol. The molecule has 0 N–H and O–H groups in total. The van der Waals surface area contributed by atoms with E-state index in [1.165, 1.54) is 6.42 Å². The summed E-state index contributed by atoms with van der Waals surface area (Å²) < 4.78 is 0. The van der Waals surface area contributed by atoms with Crippen LogP contribution in [0.15, 0.2) is 0 Å². The standard InChI is InChI=1S/C16H25N3O3/c20-12-17-8-10-19(11-9-17)16(22)14-4-6-18(7-5-14)15(21)13-2-1-3-13/h12-14H,1-11H2. The second-order valence-corrected chi connectivity index (χ2v) is 6.69. The van der Waals surface area contributed by atoms with Gasteiger partial charge in [0, 0.05) is 51.1 Å². The van der Waals surface area contributed by atoms with E-state index in [0.29, 0.717) is 32.1 Å². The van der Waals surface area contributed by atoms with Crippen molar-refractivity contribution in [2.45, 2.75) is 32.1 Å². The first kappa shape index (κ1) is 15.3. The maximum Gasteiger partial charge on any atom is 0.225 e. The lowest BCUT2D eigenvalue weighted by Crippen LogP contribution is -2.52. The Bertz CT molecular complexity index is 434. The Morgan fingerprint density at radius 2 is 1.23 bits per heavy atom. The first-order valence-electron chi connectivity index (χ1n) is 8.46. The van der Waals surface area contributed by atoms with E-state index in [0.717, 1.165) is 45.2 Å². The molecule has 1 saturated carbocycles. The summed E-state index contributed by atoms with van der Waals surface area (Å²) in [6, 6.07) is 0. The van der Waals surface area contributed by atoms with Gasteiger partial charge in [0.25, 0.3) is 0 Å². The first-order chi connectivity index (χ1) is 10.7. The topological polar surface area (TPSA) is 60.9 Å². The number of hydrogen-bond donors (Lipinski definition) is 0. The second-order valence-electron chi connectivity index (χ2n) is 6.69. The Morgan fingerprint density at radius 3 is 1.68 bits per heavy atom. The molecule has 22 heavy (non-hydrogen) atoms. The third kappa shape index (κ3) is 3.10. The molecule has 6 heteroatoms. The van der Waals surface area contributed by atoms with E-state index in [1.807, 2.05) is 9.80 Å². The molecule has 3 rings (SSSR count). The molecule has 0 bridgehead atoms. The SMILES string of the molecule is O=CN1CCN(C(=O)C2CCN(C(=O)C3CCC3)CC2)CC1. The lowest BCUT2D eigenvalue weighted by atomic mass is 9.83. The molecule has 3 aliphatic rings. The van der Waals surface area contributed by atoms with Crippen molar-refractivity contribution >= 4 is 18.2 Å². The molecule has 0 spiro atoms. The number of hydrogen-bond acceptors (Lipinski definition) is 3. The van der Waals surface area contributed by atoms with Gasteiger partial charge in [-0.05, 0) is 25.7 Å². The van der Waals surface area contributed by atoms with E-state index >= 15 is 0 Å². The summed E-state index contributed by atoms with van der Waals surface area (Å²) in [5.74, 6) is 0.815. The highest BCUT2D eigenvalue weighted by molar-refractivity contribution is 5.81. The van der Waals surface area contributed by atoms with E-state index in [1.54, 1.807) is 4.90 Å². The van der Waals surface area contributed by atoms with Crippen molar-refractivity contribution in [3.05, 3.63) is 0 Å². The molecule has 0 aromatic carbocycles. The third-order valence-corrected chi connectivity index (χ3v) is 5.39. The second kappa shape index (κ2) is 6.67. The van der Waals surface area contributed by atoms with Crippen molar-refractivity contribution in [1.29, 1.82) is 0 Å². The van der Waals surface area contributed by atoms with Crippen LogP contribution in [0.3, 0.4) is 0 Å². The molecule has 2 saturated heterocycles. The van der Waals surface area contributed by atoms with Crippen molar-refractivity contribution in [2.24, 2.45) is 11.8 Å². The van der Waals surface area contributed by atoms with Crippen LogP contribution in [0.25, 0.3) is 0 Å². The monoisotopic (exact) mass is 307 g/mol. The number of nitrogens with zero attached hydrogens (tertiary/aromatic N) is 3. The van der Waals surface area contributed by atoms with Gasteiger partial charge in [-0.25, -0.2) is 0 Å². The molecule has 122 valence electrons. The molecule has 0 aromatic rings. The van der Waals surface area contributed by atoms with Gasteiger partial charge >= 0.3 is 0 Å². The molecule has 3 fully saturated rings. The summed E-state index contributed by atoms with van der Waals surface area (Å²) in [4.78, 5) is 41.0. The Hall–Kier alpha value is -1.59. The van der Waals surface area contributed by atoms with Crippen LogP contribution >= 0.6 is 0 Å². The van der Waals surface area contributed by atoms with Gasteiger partial charge in [0.1, 0.15) is 0 Å². The fourth-order valence-corrected chi connectivity index (χ4v) is 3.57. The van der Waals surface area contributed by atoms with E-state index in [2.05, 4.69) is 0 Å². The summed E-state index contributed by atoms with van der Waals surface area (Å²) in [6.45, 7) is 3.99. The molecule has 2 aliphatic heterocycles. The van der Waals surface area contributed by atoms with Crippen LogP contribution in [0, 0.1) is 11.8 Å². The molecule has 0 radical (unpaired) electrons. The predicted octanol–water partition coefficient (Wildman–Crippen LogP) is 0.326. The van der Waals surface area contributed by atoms with E-state index in [-0.39, 0.29) is 17.7 Å². The molecule has 0 atom stereocenters. The van der Waals surface area contributed by atoms with Crippen LogP contribution in [-0.2, 0) is 14.4 Å². The maximum absolute atomic E-state index is 12.5. The number of carbonyl (C=O) groups excluding carboxylic acids is 3. The van der Waals surface area contributed by atoms with Crippen molar-refractivity contribution in [1.82, 2.24) is 14.7 Å². The fraction of sp³-hybridized carbons (Fsp3) is 0.812. The quantitative estimate of drug-likeness (QED) is 0.706. The highest BCUT2D eigenvalue weighted by Gasteiger charge is 2.34. The lowest BCUT2D eigenvalue weighted by molar-refractivity contribution is -0.145. The van der Waals surface area contributed by atoms with Crippen LogP contribution in [-0.4, -0.2) is 72.2 Å². The summed E-state index contributed by atoms with van der Waals surface area (Å²) in [7, 11) is 0. The zero-order valence-electron chi connectivity index (χ0n) is 13.1. The average molecular weight is 307 g/mol. The first-order valence-corrected chi connectivity index (χ1v) is 8.46. The van der Waals surface area contributed by atoms with Gasteiger partial charge in [-0.15, -0.1) is 0 Å². The van der Waals surface area contributed by atoms with Gasteiger partial charge in [0.2, 0.25) is 18.2 Å². The normalized spacial score (nSPS) is 24.1. The molecule has 3 amide bonds. The molecular weight excluding hydrogens is 282 g/mol. The zero-order chi connectivity index (χ0) is 15.5. The molecule has 0 aromatic heterocycles. The molecule has 6 nitrogen and oxygen atoms in total. The lowest BCUT2D eigenvalue weighted by Gasteiger charge is -2.39. The molecule has 1 aliphatic carbocycles. The molecule has 2 heterocycles. The van der Waals surface area contributed by atoms with Crippen LogP contribution in [0.1, 0.15) is 32.1 Å². The zero-order valence-corrected chi connectivity index (χ0v) is 13.1. The Morgan fingerprint density at radius 1 is 0.727 bits per heavy atom. The van der Waals surface area contributed by atoms with Crippen molar-refractivity contribution in [2.75, 3.05) is 39.3 Å². The minimum Gasteiger partial charge on any atom is -0.342 e. The summed E-state index contributed by atoms with van der Waals surface area (Å²) in [5.41, 5.74) is 0. The minimum atomic E-state index is 0.0493. The van der Waals surface area contributed by atoms with Crippen molar-refractivity contribution in [3.63, 3.8) is 0 Å². The van der Waals surface area contributed by atoms with Crippen LogP contribution in [0.2, 0.25) is 0 Å². The number of piperidine rings is 1. The van der Waals surface area contributed by atoms with Gasteiger partial charge in [-0.2, -0.15) is 0 Å². The number of rotatable bonds is 3.